The van der Waals surface area contributed by atoms with Gasteiger partial charge in [-0.05, 0) is 56.1 Å². The van der Waals surface area contributed by atoms with Crippen LogP contribution in [-0.4, -0.2) is 25.3 Å². The van der Waals surface area contributed by atoms with E-state index in [1.54, 1.807) is 0 Å². The Kier molecular flexibility index (Phi) is 4.65. The Morgan fingerprint density at radius 1 is 1.20 bits per heavy atom. The molecular formula is C17H24ClNO. The van der Waals surface area contributed by atoms with E-state index in [2.05, 4.69) is 24.4 Å². The number of ether oxygens (including phenoxy) is 1. The lowest BCUT2D eigenvalue weighted by Crippen LogP contribution is -2.48. The van der Waals surface area contributed by atoms with Gasteiger partial charge < -0.3 is 10.1 Å². The van der Waals surface area contributed by atoms with Crippen LogP contribution in [0.4, 0.5) is 0 Å². The van der Waals surface area contributed by atoms with Crippen LogP contribution < -0.4 is 5.32 Å². The molecule has 1 aliphatic heterocycles. The summed E-state index contributed by atoms with van der Waals surface area (Å²) < 4.78 is 5.44. The fourth-order valence-electron chi connectivity index (χ4n) is 3.54. The number of hydrogen-bond donors (Lipinski definition) is 1. The molecule has 1 aromatic rings. The molecule has 3 rings (SSSR count). The van der Waals surface area contributed by atoms with Crippen molar-refractivity contribution in [3.63, 3.8) is 0 Å². The minimum atomic E-state index is 0.607. The summed E-state index contributed by atoms with van der Waals surface area (Å²) in [6.07, 6.45) is 4.85. The molecule has 1 N–H and O–H groups in total. The molecule has 1 aromatic carbocycles. The Hall–Kier alpha value is -0.570. The minimum absolute atomic E-state index is 0.607. The van der Waals surface area contributed by atoms with E-state index in [0.717, 1.165) is 24.2 Å². The van der Waals surface area contributed by atoms with Gasteiger partial charge in [-0.1, -0.05) is 29.8 Å². The van der Waals surface area contributed by atoms with E-state index >= 15 is 0 Å². The highest BCUT2D eigenvalue weighted by Gasteiger charge is 2.33. The molecule has 3 heteroatoms. The number of benzene rings is 1. The van der Waals surface area contributed by atoms with Gasteiger partial charge in [0.2, 0.25) is 0 Å². The predicted molar refractivity (Wildman–Crippen MR) is 83.4 cm³/mol. The van der Waals surface area contributed by atoms with Crippen molar-refractivity contribution < 1.29 is 4.74 Å². The van der Waals surface area contributed by atoms with Crippen molar-refractivity contribution in [2.75, 3.05) is 13.2 Å². The first-order valence-corrected chi connectivity index (χ1v) is 8.20. The van der Waals surface area contributed by atoms with E-state index in [1.807, 2.05) is 12.1 Å². The van der Waals surface area contributed by atoms with Gasteiger partial charge in [0.05, 0.1) is 0 Å². The summed E-state index contributed by atoms with van der Waals surface area (Å²) >= 11 is 6.27. The van der Waals surface area contributed by atoms with Crippen molar-refractivity contribution in [2.24, 2.45) is 5.92 Å². The topological polar surface area (TPSA) is 21.3 Å². The lowest BCUT2D eigenvalue weighted by atomic mass is 9.75. The van der Waals surface area contributed by atoms with E-state index in [4.69, 9.17) is 16.3 Å². The molecule has 2 aliphatic rings. The Balaban J connectivity index is 1.47. The third-order valence-corrected chi connectivity index (χ3v) is 5.30. The van der Waals surface area contributed by atoms with Crippen LogP contribution in [-0.2, 0) is 4.74 Å². The maximum absolute atomic E-state index is 6.27. The average Bonchev–Trinajstić information content (AvgIpc) is 2.44. The molecule has 0 amide bonds. The molecule has 1 heterocycles. The summed E-state index contributed by atoms with van der Waals surface area (Å²) in [4.78, 5) is 0. The zero-order chi connectivity index (χ0) is 13.9. The van der Waals surface area contributed by atoms with Crippen LogP contribution in [0.25, 0.3) is 0 Å². The fraction of sp³-hybridized carbons (Fsp3) is 0.647. The molecule has 1 atom stereocenters. The molecule has 0 spiro atoms. The maximum Gasteiger partial charge on any atom is 0.0469 e. The largest absolute Gasteiger partial charge is 0.381 e. The second-order valence-electron chi connectivity index (χ2n) is 6.29. The molecule has 0 bridgehead atoms. The Morgan fingerprint density at radius 2 is 1.90 bits per heavy atom. The molecular weight excluding hydrogens is 270 g/mol. The van der Waals surface area contributed by atoms with Gasteiger partial charge in [-0.2, -0.15) is 0 Å². The van der Waals surface area contributed by atoms with Crippen molar-refractivity contribution in [1.29, 1.82) is 0 Å². The van der Waals surface area contributed by atoms with E-state index in [1.165, 1.54) is 31.2 Å². The van der Waals surface area contributed by atoms with Gasteiger partial charge in [0, 0.05) is 30.3 Å². The van der Waals surface area contributed by atoms with Gasteiger partial charge in [0.1, 0.15) is 0 Å². The van der Waals surface area contributed by atoms with E-state index in [9.17, 15) is 0 Å². The summed E-state index contributed by atoms with van der Waals surface area (Å²) in [6, 6.07) is 9.54. The van der Waals surface area contributed by atoms with Gasteiger partial charge >= 0.3 is 0 Å². The normalized spacial score (nSPS) is 28.9. The number of nitrogens with one attached hydrogen (secondary N) is 1. The Labute approximate surface area is 126 Å². The van der Waals surface area contributed by atoms with Crippen LogP contribution in [0.2, 0.25) is 5.02 Å². The standard InChI is InChI=1S/C17H24ClNO/c1-12(13-6-8-20-9-7-13)19-15-10-14(11-15)16-4-2-3-5-17(16)18/h2-5,12-15,19H,6-11H2,1H3. The summed E-state index contributed by atoms with van der Waals surface area (Å²) in [5, 5.41) is 4.73. The summed E-state index contributed by atoms with van der Waals surface area (Å²) in [5.41, 5.74) is 1.32. The van der Waals surface area contributed by atoms with Gasteiger partial charge in [-0.25, -0.2) is 0 Å². The average molecular weight is 294 g/mol. The first-order valence-electron chi connectivity index (χ1n) is 7.82. The highest BCUT2D eigenvalue weighted by Crippen LogP contribution is 2.40. The van der Waals surface area contributed by atoms with Crippen LogP contribution in [0.3, 0.4) is 0 Å². The smallest absolute Gasteiger partial charge is 0.0469 e. The fourth-order valence-corrected chi connectivity index (χ4v) is 3.83. The Morgan fingerprint density at radius 3 is 2.60 bits per heavy atom. The van der Waals surface area contributed by atoms with Gasteiger partial charge in [-0.3, -0.25) is 0 Å². The second-order valence-corrected chi connectivity index (χ2v) is 6.70. The first-order chi connectivity index (χ1) is 9.74. The molecule has 20 heavy (non-hydrogen) atoms. The molecule has 1 saturated carbocycles. The molecule has 0 radical (unpaired) electrons. The van der Waals surface area contributed by atoms with Crippen LogP contribution in [0, 0.1) is 5.92 Å². The van der Waals surface area contributed by atoms with Crippen LogP contribution in [0.15, 0.2) is 24.3 Å². The lowest BCUT2D eigenvalue weighted by molar-refractivity contribution is 0.0519. The SMILES string of the molecule is CC(NC1CC(c2ccccc2Cl)C1)C1CCOCC1. The molecule has 1 saturated heterocycles. The third-order valence-electron chi connectivity index (χ3n) is 4.95. The Bertz CT molecular complexity index is 438. The van der Waals surface area contributed by atoms with Crippen molar-refractivity contribution in [3.05, 3.63) is 34.9 Å². The van der Waals surface area contributed by atoms with Gasteiger partial charge in [0.15, 0.2) is 0 Å². The van der Waals surface area contributed by atoms with E-state index < -0.39 is 0 Å². The van der Waals surface area contributed by atoms with Gasteiger partial charge in [0.25, 0.3) is 0 Å². The molecule has 2 nitrogen and oxygen atoms in total. The van der Waals surface area contributed by atoms with E-state index in [0.29, 0.717) is 18.0 Å². The highest BCUT2D eigenvalue weighted by molar-refractivity contribution is 6.31. The highest BCUT2D eigenvalue weighted by atomic mass is 35.5. The van der Waals surface area contributed by atoms with Crippen LogP contribution in [0.1, 0.15) is 44.1 Å². The zero-order valence-corrected chi connectivity index (χ0v) is 12.9. The summed E-state index contributed by atoms with van der Waals surface area (Å²) in [6.45, 7) is 4.20. The summed E-state index contributed by atoms with van der Waals surface area (Å²) in [5.74, 6) is 1.42. The van der Waals surface area contributed by atoms with Crippen LogP contribution >= 0.6 is 11.6 Å². The van der Waals surface area contributed by atoms with E-state index in [-0.39, 0.29) is 0 Å². The second kappa shape index (κ2) is 6.46. The number of halogens is 1. The predicted octanol–water partition coefficient (Wildman–Crippen LogP) is 3.99. The summed E-state index contributed by atoms with van der Waals surface area (Å²) in [7, 11) is 0. The number of hydrogen-bond acceptors (Lipinski definition) is 2. The first kappa shape index (κ1) is 14.4. The monoisotopic (exact) mass is 293 g/mol. The van der Waals surface area contributed by atoms with Crippen molar-refractivity contribution in [2.45, 2.75) is 50.6 Å². The van der Waals surface area contributed by atoms with Gasteiger partial charge in [-0.15, -0.1) is 0 Å². The minimum Gasteiger partial charge on any atom is -0.381 e. The molecule has 1 aliphatic carbocycles. The number of rotatable bonds is 4. The molecule has 110 valence electrons. The third kappa shape index (κ3) is 3.19. The maximum atomic E-state index is 6.27. The van der Waals surface area contributed by atoms with Crippen molar-refractivity contribution in [1.82, 2.24) is 5.32 Å². The lowest BCUT2D eigenvalue weighted by Gasteiger charge is -2.40. The van der Waals surface area contributed by atoms with Crippen LogP contribution in [0.5, 0.6) is 0 Å². The van der Waals surface area contributed by atoms with Crippen molar-refractivity contribution >= 4 is 11.6 Å². The molecule has 0 aromatic heterocycles. The molecule has 1 unspecified atom stereocenters. The quantitative estimate of drug-likeness (QED) is 0.906. The van der Waals surface area contributed by atoms with Crippen molar-refractivity contribution in [3.8, 4) is 0 Å². The zero-order valence-electron chi connectivity index (χ0n) is 12.1. The molecule has 2 fully saturated rings.